The zero-order chi connectivity index (χ0) is 34.9. The third-order valence-corrected chi connectivity index (χ3v) is 11.2. The van der Waals surface area contributed by atoms with Crippen molar-refractivity contribution in [2.75, 3.05) is 27.5 Å². The first kappa shape index (κ1) is 35.0. The number of aromatic amines is 1. The Morgan fingerprint density at radius 2 is 1.41 bits per heavy atom. The van der Waals surface area contributed by atoms with Gasteiger partial charge >= 0.3 is 5.69 Å². The molecule has 6 rings (SSSR count). The van der Waals surface area contributed by atoms with Gasteiger partial charge in [0.25, 0.3) is 5.56 Å². The molecule has 12 heteroatoms. The number of methoxy groups -OCH3 is 2. The van der Waals surface area contributed by atoms with E-state index in [1.54, 1.807) is 14.2 Å². The summed E-state index contributed by atoms with van der Waals surface area (Å²) in [4.78, 5) is 27.5. The molecule has 5 atom stereocenters. The van der Waals surface area contributed by atoms with Gasteiger partial charge in [0.2, 0.25) is 5.79 Å². The second-order valence-electron chi connectivity index (χ2n) is 12.8. The molecule has 0 saturated carbocycles. The fraction of sp³-hybridized carbons (Fsp3) is 0.405. The quantitative estimate of drug-likeness (QED) is 0.141. The summed E-state index contributed by atoms with van der Waals surface area (Å²) in [5.41, 5.74) is 0.0506. The van der Waals surface area contributed by atoms with E-state index in [4.69, 9.17) is 28.2 Å². The van der Waals surface area contributed by atoms with Crippen LogP contribution in [0.15, 0.2) is 101 Å². The second-order valence-corrected chi connectivity index (χ2v) is 14.4. The lowest BCUT2D eigenvalue weighted by atomic mass is 9.79. The Labute approximate surface area is 287 Å². The lowest BCUT2D eigenvalue weighted by molar-refractivity contribution is -0.317. The van der Waals surface area contributed by atoms with Crippen LogP contribution < -0.4 is 20.7 Å². The van der Waals surface area contributed by atoms with Crippen LogP contribution in [-0.4, -0.2) is 71.8 Å². The average Bonchev–Trinajstić information content (AvgIpc) is 3.57. The molecule has 1 aromatic heterocycles. The number of nitrogens with one attached hydrogen (secondary N) is 1. The Morgan fingerprint density at radius 1 is 0.857 bits per heavy atom. The van der Waals surface area contributed by atoms with E-state index in [-0.39, 0.29) is 18.7 Å². The number of rotatable bonds is 13. The molecule has 260 valence electrons. The van der Waals surface area contributed by atoms with E-state index >= 15 is 0 Å². The predicted molar refractivity (Wildman–Crippen MR) is 187 cm³/mol. The molecule has 11 nitrogen and oxygen atoms in total. The highest BCUT2D eigenvalue weighted by Gasteiger charge is 2.67. The van der Waals surface area contributed by atoms with Gasteiger partial charge in [0.05, 0.1) is 14.2 Å². The van der Waals surface area contributed by atoms with Gasteiger partial charge < -0.3 is 28.2 Å². The Kier molecular flexibility index (Phi) is 10.1. The normalized spacial score (nSPS) is 22.6. The summed E-state index contributed by atoms with van der Waals surface area (Å²) in [7, 11) is 2.07. The van der Waals surface area contributed by atoms with Gasteiger partial charge in [-0.25, -0.2) is 4.79 Å². The van der Waals surface area contributed by atoms with Crippen LogP contribution in [0.25, 0.3) is 0 Å². The number of nitrogens with zero attached hydrogens (tertiary/aromatic N) is 2. The van der Waals surface area contributed by atoms with E-state index in [9.17, 15) is 9.59 Å². The SMILES string of the molecule is COc1ccc(C(O[C@@]23CO[C@@H]([C@H](n4ccc(=O)[nH]c4=O)O2)[C@@H]3OP(C)N(C(C)C)C(C)C)(c2ccccc2)c2ccc(OC)cc2)cc1. The smallest absolute Gasteiger partial charge is 0.330 e. The fourth-order valence-corrected chi connectivity index (χ4v) is 9.08. The van der Waals surface area contributed by atoms with Crippen molar-refractivity contribution < 1.29 is 28.2 Å². The van der Waals surface area contributed by atoms with Crippen LogP contribution in [0.1, 0.15) is 50.6 Å². The fourth-order valence-electron chi connectivity index (χ4n) is 7.06. The Balaban J connectivity index is 1.56. The van der Waals surface area contributed by atoms with Crippen molar-refractivity contribution in [3.8, 4) is 11.5 Å². The lowest BCUT2D eigenvalue weighted by Gasteiger charge is -2.44. The molecule has 1 unspecified atom stereocenters. The predicted octanol–water partition coefficient (Wildman–Crippen LogP) is 5.63. The molecule has 2 saturated heterocycles. The largest absolute Gasteiger partial charge is 0.497 e. The summed E-state index contributed by atoms with van der Waals surface area (Å²) in [6.07, 6.45) is -1.01. The molecule has 0 radical (unpaired) electrons. The third-order valence-electron chi connectivity index (χ3n) is 9.08. The van der Waals surface area contributed by atoms with E-state index < -0.39 is 49.4 Å². The van der Waals surface area contributed by atoms with Crippen LogP contribution in [0, 0.1) is 0 Å². The van der Waals surface area contributed by atoms with Gasteiger partial charge in [-0.3, -0.25) is 19.0 Å². The van der Waals surface area contributed by atoms with Crippen molar-refractivity contribution >= 4 is 8.30 Å². The maximum atomic E-state index is 13.2. The van der Waals surface area contributed by atoms with Crippen LogP contribution in [0.4, 0.5) is 0 Å². The van der Waals surface area contributed by atoms with Crippen molar-refractivity contribution in [2.45, 2.75) is 69.6 Å². The molecule has 2 aliphatic heterocycles. The first-order valence-electron chi connectivity index (χ1n) is 16.4. The Morgan fingerprint density at radius 3 is 1.92 bits per heavy atom. The van der Waals surface area contributed by atoms with Crippen molar-refractivity contribution in [3.05, 3.63) is 129 Å². The highest BCUT2D eigenvalue weighted by molar-refractivity contribution is 7.49. The molecule has 49 heavy (non-hydrogen) atoms. The molecule has 2 fully saturated rings. The van der Waals surface area contributed by atoms with Crippen molar-refractivity contribution in [1.29, 1.82) is 0 Å². The van der Waals surface area contributed by atoms with E-state index in [1.165, 1.54) is 16.8 Å². The molecule has 0 aliphatic carbocycles. The van der Waals surface area contributed by atoms with Crippen LogP contribution in [0.2, 0.25) is 0 Å². The van der Waals surface area contributed by atoms with Gasteiger partial charge in [0.15, 0.2) is 12.3 Å². The average molecular weight is 690 g/mol. The molecule has 2 aliphatic rings. The molecular formula is C37H44N3O8P. The van der Waals surface area contributed by atoms with Gasteiger partial charge in [-0.2, -0.15) is 0 Å². The Bertz CT molecular complexity index is 1770. The summed E-state index contributed by atoms with van der Waals surface area (Å²) in [5, 5.41) is 0. The summed E-state index contributed by atoms with van der Waals surface area (Å²) in [6.45, 7) is 10.7. The van der Waals surface area contributed by atoms with Crippen molar-refractivity contribution in [1.82, 2.24) is 14.2 Å². The van der Waals surface area contributed by atoms with Crippen molar-refractivity contribution in [3.63, 3.8) is 0 Å². The maximum absolute atomic E-state index is 13.2. The van der Waals surface area contributed by atoms with E-state index in [2.05, 4.69) is 44.0 Å². The summed E-state index contributed by atoms with van der Waals surface area (Å²) in [5.74, 6) is -0.118. The minimum absolute atomic E-state index is 0.0321. The number of fused-ring (bicyclic) bond motifs is 2. The molecule has 0 amide bonds. The summed E-state index contributed by atoms with van der Waals surface area (Å²) >= 11 is 0. The zero-order valence-corrected chi connectivity index (χ0v) is 29.8. The van der Waals surface area contributed by atoms with Gasteiger partial charge in [-0.1, -0.05) is 54.6 Å². The number of ether oxygens (including phenoxy) is 5. The van der Waals surface area contributed by atoms with Crippen LogP contribution in [0.3, 0.4) is 0 Å². The van der Waals surface area contributed by atoms with E-state index in [1.807, 2.05) is 78.9 Å². The molecule has 3 aromatic carbocycles. The third kappa shape index (κ3) is 6.47. The van der Waals surface area contributed by atoms with Gasteiger partial charge in [-0.15, -0.1) is 0 Å². The lowest BCUT2D eigenvalue weighted by Crippen LogP contribution is -2.52. The second kappa shape index (κ2) is 14.2. The first-order valence-corrected chi connectivity index (χ1v) is 18.0. The number of hydrogen-bond donors (Lipinski definition) is 1. The van der Waals surface area contributed by atoms with Crippen LogP contribution >= 0.6 is 8.30 Å². The molecule has 3 heterocycles. The monoisotopic (exact) mass is 689 g/mol. The molecular weight excluding hydrogens is 645 g/mol. The molecule has 4 aromatic rings. The zero-order valence-electron chi connectivity index (χ0n) is 28.9. The number of benzene rings is 3. The van der Waals surface area contributed by atoms with E-state index in [0.717, 1.165) is 16.7 Å². The Hall–Kier alpha value is -3.83. The highest BCUT2D eigenvalue weighted by atomic mass is 31.2. The molecule has 2 bridgehead atoms. The standard InChI is InChI=1S/C37H44N3O8P/c1-24(2)40(25(3)4)49(7)47-33-32-34(39-22-21-31(41)38-35(39)42)46-36(33,23-45-32)48-37(26-11-9-8-10-12-26,27-13-17-29(43-5)18-14-27)28-15-19-30(44-6)20-16-28/h8-22,24-25,32-34H,23H2,1-7H3,(H,38,41,42)/t32-,33+,34-,36-,49?/m1/s1. The molecule has 0 spiro atoms. The van der Waals surface area contributed by atoms with Gasteiger partial charge in [0.1, 0.15) is 38.1 Å². The van der Waals surface area contributed by atoms with E-state index in [0.29, 0.717) is 11.5 Å². The maximum Gasteiger partial charge on any atom is 0.330 e. The van der Waals surface area contributed by atoms with Crippen LogP contribution in [0.5, 0.6) is 11.5 Å². The van der Waals surface area contributed by atoms with Gasteiger partial charge in [0, 0.05) is 24.3 Å². The topological polar surface area (TPSA) is 113 Å². The highest BCUT2D eigenvalue weighted by Crippen LogP contribution is 2.57. The number of hydrogen-bond acceptors (Lipinski definition) is 9. The summed E-state index contributed by atoms with van der Waals surface area (Å²) in [6, 6.07) is 27.1. The molecule has 1 N–H and O–H groups in total. The van der Waals surface area contributed by atoms with Gasteiger partial charge in [-0.05, 0) is 75.3 Å². The first-order chi connectivity index (χ1) is 23.5. The summed E-state index contributed by atoms with van der Waals surface area (Å²) < 4.78 is 42.6. The number of aromatic nitrogens is 2. The number of H-pyrrole nitrogens is 1. The van der Waals surface area contributed by atoms with Crippen LogP contribution in [-0.2, 0) is 24.3 Å². The van der Waals surface area contributed by atoms with Crippen molar-refractivity contribution in [2.24, 2.45) is 0 Å². The minimum Gasteiger partial charge on any atom is -0.497 e. The minimum atomic E-state index is -1.50.